The Morgan fingerprint density at radius 1 is 1.50 bits per heavy atom. The Kier molecular flexibility index (Phi) is 5.49. The molecule has 0 aromatic heterocycles. The van der Waals surface area contributed by atoms with Crippen molar-refractivity contribution in [2.24, 2.45) is 5.73 Å². The molecule has 2 rings (SSSR count). The molecule has 8 heteroatoms. The topological polar surface area (TPSA) is 101 Å². The third-order valence-corrected chi connectivity index (χ3v) is 6.80. The van der Waals surface area contributed by atoms with Crippen molar-refractivity contribution in [3.8, 4) is 0 Å². The number of aryl methyl sites for hydroxylation is 1. The van der Waals surface area contributed by atoms with Crippen LogP contribution >= 0.6 is 0 Å². The maximum Gasteiger partial charge on any atom is 0.315 e. The van der Waals surface area contributed by atoms with Gasteiger partial charge in [0.05, 0.1) is 23.1 Å². The van der Waals surface area contributed by atoms with Crippen molar-refractivity contribution < 1.29 is 22.7 Å². The molecule has 0 spiro atoms. The van der Waals surface area contributed by atoms with E-state index >= 15 is 0 Å². The lowest BCUT2D eigenvalue weighted by Crippen LogP contribution is -2.47. The van der Waals surface area contributed by atoms with Crippen molar-refractivity contribution >= 4 is 15.9 Å². The minimum absolute atomic E-state index is 0.185. The first-order chi connectivity index (χ1) is 11.1. The average Bonchev–Trinajstić information content (AvgIpc) is 2.45. The van der Waals surface area contributed by atoms with Gasteiger partial charge in [0.25, 0.3) is 0 Å². The standard InChI is InChI=1S/C16H23FN2O4S/c1-10-7-12(17)3-4-14(10)15-8-13(5-6-19(15)16(18)21)24(22,23)9-11(2)20/h3-4,7,11,13,15,20H,5-6,8-9H2,1-2H3,(H2,18,21)/t11-,13?,15?/m0/s1. The van der Waals surface area contributed by atoms with E-state index in [1.54, 1.807) is 13.0 Å². The van der Waals surface area contributed by atoms with Crippen LogP contribution in [0.3, 0.4) is 0 Å². The molecule has 24 heavy (non-hydrogen) atoms. The van der Waals surface area contributed by atoms with Gasteiger partial charge in [-0.2, -0.15) is 0 Å². The summed E-state index contributed by atoms with van der Waals surface area (Å²) >= 11 is 0. The fourth-order valence-corrected chi connectivity index (χ4v) is 5.19. The molecule has 0 aliphatic carbocycles. The lowest BCUT2D eigenvalue weighted by atomic mass is 9.92. The van der Waals surface area contributed by atoms with Gasteiger partial charge < -0.3 is 15.7 Å². The van der Waals surface area contributed by atoms with E-state index in [1.807, 2.05) is 0 Å². The number of piperidine rings is 1. The Morgan fingerprint density at radius 2 is 2.17 bits per heavy atom. The minimum Gasteiger partial charge on any atom is -0.392 e. The zero-order valence-electron chi connectivity index (χ0n) is 13.8. The molecule has 1 aromatic carbocycles. The second-order valence-corrected chi connectivity index (χ2v) is 8.70. The number of carbonyl (C=O) groups is 1. The lowest BCUT2D eigenvalue weighted by molar-refractivity contribution is 0.160. The Bertz CT molecular complexity index is 721. The Labute approximate surface area is 141 Å². The molecule has 134 valence electrons. The summed E-state index contributed by atoms with van der Waals surface area (Å²) in [6, 6.07) is 3.05. The summed E-state index contributed by atoms with van der Waals surface area (Å²) in [5.41, 5.74) is 6.76. The number of benzene rings is 1. The fraction of sp³-hybridized carbons (Fsp3) is 0.562. The van der Waals surface area contributed by atoms with Crippen LogP contribution in [0, 0.1) is 12.7 Å². The summed E-state index contributed by atoms with van der Waals surface area (Å²) < 4.78 is 38.2. The number of primary amides is 1. The predicted molar refractivity (Wildman–Crippen MR) is 88.7 cm³/mol. The molecule has 0 saturated carbocycles. The molecule has 1 aromatic rings. The van der Waals surface area contributed by atoms with Crippen molar-refractivity contribution in [3.05, 3.63) is 35.1 Å². The van der Waals surface area contributed by atoms with Gasteiger partial charge in [0.2, 0.25) is 0 Å². The molecule has 1 aliphatic rings. The van der Waals surface area contributed by atoms with Crippen LogP contribution in [0.5, 0.6) is 0 Å². The number of likely N-dealkylation sites (tertiary alicyclic amines) is 1. The number of urea groups is 1. The largest absolute Gasteiger partial charge is 0.392 e. The maximum absolute atomic E-state index is 13.4. The highest BCUT2D eigenvalue weighted by molar-refractivity contribution is 7.92. The summed E-state index contributed by atoms with van der Waals surface area (Å²) in [5, 5.41) is 8.74. The first-order valence-corrected chi connectivity index (χ1v) is 9.55. The molecule has 3 atom stereocenters. The Balaban J connectivity index is 2.35. The van der Waals surface area contributed by atoms with E-state index in [9.17, 15) is 22.7 Å². The number of amides is 2. The van der Waals surface area contributed by atoms with Crippen LogP contribution in [0.25, 0.3) is 0 Å². The van der Waals surface area contributed by atoms with E-state index in [-0.39, 0.29) is 25.1 Å². The van der Waals surface area contributed by atoms with E-state index in [0.717, 1.165) is 0 Å². The summed E-state index contributed by atoms with van der Waals surface area (Å²) in [7, 11) is -3.50. The molecular weight excluding hydrogens is 335 g/mol. The highest BCUT2D eigenvalue weighted by atomic mass is 32.2. The zero-order valence-corrected chi connectivity index (χ0v) is 14.6. The molecule has 2 amide bonds. The summed E-state index contributed by atoms with van der Waals surface area (Å²) in [6.07, 6.45) is -0.491. The van der Waals surface area contributed by atoms with Gasteiger partial charge in [0.1, 0.15) is 5.82 Å². The zero-order chi connectivity index (χ0) is 18.1. The van der Waals surface area contributed by atoms with Gasteiger partial charge in [-0.1, -0.05) is 6.07 Å². The van der Waals surface area contributed by atoms with Gasteiger partial charge in [-0.15, -0.1) is 0 Å². The second kappa shape index (κ2) is 7.06. The molecule has 1 heterocycles. The van der Waals surface area contributed by atoms with E-state index in [4.69, 9.17) is 5.73 Å². The van der Waals surface area contributed by atoms with Crippen LogP contribution in [-0.2, 0) is 9.84 Å². The number of sulfone groups is 1. The number of hydrogen-bond acceptors (Lipinski definition) is 4. The molecule has 1 aliphatic heterocycles. The molecule has 0 bridgehead atoms. The van der Waals surface area contributed by atoms with Crippen LogP contribution < -0.4 is 5.73 Å². The Morgan fingerprint density at radius 3 is 2.71 bits per heavy atom. The van der Waals surface area contributed by atoms with E-state index < -0.39 is 39.1 Å². The van der Waals surface area contributed by atoms with Crippen molar-refractivity contribution in [2.45, 2.75) is 44.1 Å². The monoisotopic (exact) mass is 358 g/mol. The smallest absolute Gasteiger partial charge is 0.315 e. The van der Waals surface area contributed by atoms with Crippen LogP contribution in [0.4, 0.5) is 9.18 Å². The average molecular weight is 358 g/mol. The molecule has 2 unspecified atom stereocenters. The number of hydrogen-bond donors (Lipinski definition) is 2. The quantitative estimate of drug-likeness (QED) is 0.852. The normalized spacial score (nSPS) is 23.1. The summed E-state index contributed by atoms with van der Waals surface area (Å²) in [4.78, 5) is 13.2. The first kappa shape index (κ1) is 18.7. The van der Waals surface area contributed by atoms with Gasteiger partial charge in [0.15, 0.2) is 9.84 Å². The SMILES string of the molecule is Cc1cc(F)ccc1C1CC(S(=O)(=O)C[C@H](C)O)CCN1C(N)=O. The maximum atomic E-state index is 13.4. The van der Waals surface area contributed by atoms with Gasteiger partial charge in [-0.3, -0.25) is 0 Å². The van der Waals surface area contributed by atoms with Crippen molar-refractivity contribution in [2.75, 3.05) is 12.3 Å². The number of aliphatic hydroxyl groups is 1. The highest BCUT2D eigenvalue weighted by Gasteiger charge is 2.38. The van der Waals surface area contributed by atoms with Crippen molar-refractivity contribution in [3.63, 3.8) is 0 Å². The molecule has 3 N–H and O–H groups in total. The molecule has 0 radical (unpaired) electrons. The van der Waals surface area contributed by atoms with Gasteiger partial charge in [0, 0.05) is 6.54 Å². The molecule has 6 nitrogen and oxygen atoms in total. The third-order valence-electron chi connectivity index (χ3n) is 4.41. The molecule has 1 fully saturated rings. The Hall–Kier alpha value is -1.67. The number of nitrogens with two attached hydrogens (primary N) is 1. The van der Waals surface area contributed by atoms with Crippen LogP contribution in [0.2, 0.25) is 0 Å². The second-order valence-electron chi connectivity index (χ2n) is 6.37. The van der Waals surface area contributed by atoms with Crippen molar-refractivity contribution in [1.82, 2.24) is 4.90 Å². The number of carbonyl (C=O) groups excluding carboxylic acids is 1. The number of halogens is 1. The summed E-state index contributed by atoms with van der Waals surface area (Å²) in [5.74, 6) is -0.709. The first-order valence-electron chi connectivity index (χ1n) is 7.83. The van der Waals surface area contributed by atoms with Crippen LogP contribution in [0.1, 0.15) is 36.9 Å². The van der Waals surface area contributed by atoms with Crippen LogP contribution in [-0.4, -0.2) is 48.1 Å². The lowest BCUT2D eigenvalue weighted by Gasteiger charge is -2.39. The van der Waals surface area contributed by atoms with E-state index in [0.29, 0.717) is 11.1 Å². The number of nitrogens with zero attached hydrogens (tertiary/aromatic N) is 1. The highest BCUT2D eigenvalue weighted by Crippen LogP contribution is 2.35. The predicted octanol–water partition coefficient (Wildman–Crippen LogP) is 1.51. The van der Waals surface area contributed by atoms with Gasteiger partial charge in [-0.05, 0) is 49.9 Å². The van der Waals surface area contributed by atoms with E-state index in [2.05, 4.69) is 0 Å². The molecule has 1 saturated heterocycles. The van der Waals surface area contributed by atoms with Gasteiger partial charge in [-0.25, -0.2) is 17.6 Å². The van der Waals surface area contributed by atoms with Crippen LogP contribution in [0.15, 0.2) is 18.2 Å². The number of aliphatic hydroxyl groups excluding tert-OH is 1. The third kappa shape index (κ3) is 4.05. The minimum atomic E-state index is -3.50. The fourth-order valence-electron chi connectivity index (χ4n) is 3.30. The van der Waals surface area contributed by atoms with Gasteiger partial charge >= 0.3 is 6.03 Å². The number of rotatable bonds is 4. The van der Waals surface area contributed by atoms with Crippen molar-refractivity contribution in [1.29, 1.82) is 0 Å². The summed E-state index contributed by atoms with van der Waals surface area (Å²) in [6.45, 7) is 3.35. The molecular formula is C16H23FN2O4S. The van der Waals surface area contributed by atoms with E-state index in [1.165, 1.54) is 24.0 Å².